The monoisotopic (exact) mass is 233 g/mol. The van der Waals surface area contributed by atoms with E-state index < -0.39 is 0 Å². The van der Waals surface area contributed by atoms with Gasteiger partial charge in [-0.1, -0.05) is 58.0 Å². The van der Waals surface area contributed by atoms with Gasteiger partial charge in [-0.05, 0) is 16.9 Å². The van der Waals surface area contributed by atoms with E-state index >= 15 is 0 Å². The van der Waals surface area contributed by atoms with Crippen LogP contribution in [-0.4, -0.2) is 11.8 Å². The molecule has 0 aliphatic heterocycles. The summed E-state index contributed by atoms with van der Waals surface area (Å²) in [7, 11) is 0. The molecule has 0 fully saturated rings. The molecule has 2 heteroatoms. The molecule has 0 heterocycles. The molecule has 2 nitrogen and oxygen atoms in total. The minimum absolute atomic E-state index is 0.147. The summed E-state index contributed by atoms with van der Waals surface area (Å²) in [5.74, 6) is 0.350. The van der Waals surface area contributed by atoms with Crippen molar-refractivity contribution in [1.29, 1.82) is 0 Å². The van der Waals surface area contributed by atoms with E-state index in [1.165, 1.54) is 5.56 Å². The third-order valence-electron chi connectivity index (χ3n) is 3.26. The smallest absolute Gasteiger partial charge is 0.150 e. The number of rotatable bonds is 5. The first kappa shape index (κ1) is 13.9. The third kappa shape index (κ3) is 3.67. The zero-order valence-electron chi connectivity index (χ0n) is 11.2. The van der Waals surface area contributed by atoms with Gasteiger partial charge in [0.25, 0.3) is 0 Å². The summed E-state index contributed by atoms with van der Waals surface area (Å²) in [5, 5.41) is 0. The second-order valence-corrected chi connectivity index (χ2v) is 5.66. The molecule has 0 spiro atoms. The van der Waals surface area contributed by atoms with Gasteiger partial charge in [0.1, 0.15) is 0 Å². The lowest BCUT2D eigenvalue weighted by atomic mass is 9.78. The second kappa shape index (κ2) is 5.46. The van der Waals surface area contributed by atoms with Crippen LogP contribution in [0.4, 0.5) is 0 Å². The molecule has 94 valence electrons. The Morgan fingerprint density at radius 3 is 2.24 bits per heavy atom. The Morgan fingerprint density at radius 1 is 1.24 bits per heavy atom. The van der Waals surface area contributed by atoms with Crippen molar-refractivity contribution >= 4 is 5.78 Å². The molecule has 17 heavy (non-hydrogen) atoms. The van der Waals surface area contributed by atoms with E-state index in [1.807, 2.05) is 32.0 Å². The van der Waals surface area contributed by atoms with Gasteiger partial charge in [-0.2, -0.15) is 0 Å². The van der Waals surface area contributed by atoms with Crippen LogP contribution in [0.1, 0.15) is 39.7 Å². The Labute approximate surface area is 104 Å². The van der Waals surface area contributed by atoms with Crippen LogP contribution >= 0.6 is 0 Å². The van der Waals surface area contributed by atoms with Gasteiger partial charge in [0.05, 0.1) is 6.04 Å². The first-order valence-electron chi connectivity index (χ1n) is 6.18. The molecule has 0 radical (unpaired) electrons. The number of benzene rings is 1. The molecule has 1 rings (SSSR count). The van der Waals surface area contributed by atoms with E-state index in [4.69, 9.17) is 5.73 Å². The summed E-state index contributed by atoms with van der Waals surface area (Å²) in [5.41, 5.74) is 6.93. The van der Waals surface area contributed by atoms with Crippen molar-refractivity contribution in [3.05, 3.63) is 35.9 Å². The van der Waals surface area contributed by atoms with Crippen LogP contribution in [0, 0.1) is 5.92 Å². The molecule has 0 aliphatic carbocycles. The van der Waals surface area contributed by atoms with Crippen molar-refractivity contribution in [1.82, 2.24) is 0 Å². The molecule has 0 saturated heterocycles. The molecule has 0 bridgehead atoms. The van der Waals surface area contributed by atoms with E-state index in [2.05, 4.69) is 26.0 Å². The van der Waals surface area contributed by atoms with Gasteiger partial charge < -0.3 is 5.73 Å². The second-order valence-electron chi connectivity index (χ2n) is 5.66. The summed E-state index contributed by atoms with van der Waals surface area (Å²) in [6, 6.07) is 9.77. The fourth-order valence-electron chi connectivity index (χ4n) is 1.92. The highest BCUT2D eigenvalue weighted by Gasteiger charge is 2.27. The van der Waals surface area contributed by atoms with Gasteiger partial charge in [-0.25, -0.2) is 0 Å². The van der Waals surface area contributed by atoms with Gasteiger partial charge >= 0.3 is 0 Å². The molecule has 0 unspecified atom stereocenters. The molecule has 0 amide bonds. The van der Waals surface area contributed by atoms with Crippen LogP contribution in [-0.2, 0) is 10.2 Å². The Hall–Kier alpha value is -1.15. The predicted molar refractivity (Wildman–Crippen MR) is 71.9 cm³/mol. The summed E-state index contributed by atoms with van der Waals surface area (Å²) in [6.07, 6.45) is 0.496. The maximum atomic E-state index is 12.0. The molecule has 0 saturated carbocycles. The minimum atomic E-state index is -0.349. The van der Waals surface area contributed by atoms with Crippen LogP contribution in [0.3, 0.4) is 0 Å². The molecular formula is C15H23NO. The normalized spacial score (nSPS) is 13.8. The van der Waals surface area contributed by atoms with Gasteiger partial charge in [0.15, 0.2) is 5.78 Å². The van der Waals surface area contributed by atoms with Gasteiger partial charge in [0, 0.05) is 6.42 Å². The maximum absolute atomic E-state index is 12.0. The lowest BCUT2D eigenvalue weighted by Gasteiger charge is -2.26. The topological polar surface area (TPSA) is 43.1 Å². The molecule has 0 aromatic heterocycles. The lowest BCUT2D eigenvalue weighted by Crippen LogP contribution is -2.38. The van der Waals surface area contributed by atoms with Crippen LogP contribution in [0.15, 0.2) is 30.3 Å². The Morgan fingerprint density at radius 2 is 1.76 bits per heavy atom. The van der Waals surface area contributed by atoms with Crippen molar-refractivity contribution in [2.45, 2.75) is 45.6 Å². The Bertz CT molecular complexity index is 368. The predicted octanol–water partition coefficient (Wildman–Crippen LogP) is 2.91. The number of carbonyl (C=O) groups is 1. The fraction of sp³-hybridized carbons (Fsp3) is 0.533. The quantitative estimate of drug-likeness (QED) is 0.849. The summed E-state index contributed by atoms with van der Waals surface area (Å²) >= 11 is 0. The summed E-state index contributed by atoms with van der Waals surface area (Å²) < 4.78 is 0. The number of Topliss-reactive ketones (excluding diaryl/α,β-unsaturated/α-hetero) is 1. The molecule has 2 N–H and O–H groups in total. The number of hydrogen-bond donors (Lipinski definition) is 1. The zero-order chi connectivity index (χ0) is 13.1. The minimum Gasteiger partial charge on any atom is -0.321 e. The van der Waals surface area contributed by atoms with E-state index in [0.29, 0.717) is 6.42 Å². The van der Waals surface area contributed by atoms with Gasteiger partial charge in [0.2, 0.25) is 0 Å². The highest BCUT2D eigenvalue weighted by molar-refractivity contribution is 5.85. The Balaban J connectivity index is 2.77. The van der Waals surface area contributed by atoms with Crippen LogP contribution in [0.2, 0.25) is 0 Å². The molecule has 1 aromatic carbocycles. The molecule has 1 atom stereocenters. The molecule has 1 aromatic rings. The van der Waals surface area contributed by atoms with Crippen molar-refractivity contribution in [3.63, 3.8) is 0 Å². The molecule has 0 aliphatic rings. The van der Waals surface area contributed by atoms with Gasteiger partial charge in [-0.3, -0.25) is 4.79 Å². The number of carbonyl (C=O) groups excluding carboxylic acids is 1. The lowest BCUT2D eigenvalue weighted by molar-refractivity contribution is -0.122. The fourth-order valence-corrected chi connectivity index (χ4v) is 1.92. The first-order chi connectivity index (χ1) is 7.84. The average molecular weight is 233 g/mol. The van der Waals surface area contributed by atoms with E-state index in [9.17, 15) is 4.79 Å². The average Bonchev–Trinajstić information content (AvgIpc) is 2.28. The SMILES string of the molecule is CC(C)[C@@H](N)C(=O)CC(C)(C)c1ccccc1. The van der Waals surface area contributed by atoms with Crippen molar-refractivity contribution in [3.8, 4) is 0 Å². The van der Waals surface area contributed by atoms with E-state index in [1.54, 1.807) is 0 Å². The highest BCUT2D eigenvalue weighted by Crippen LogP contribution is 2.27. The van der Waals surface area contributed by atoms with Gasteiger partial charge in [-0.15, -0.1) is 0 Å². The summed E-state index contributed by atoms with van der Waals surface area (Å²) in [4.78, 5) is 12.0. The third-order valence-corrected chi connectivity index (χ3v) is 3.26. The highest BCUT2D eigenvalue weighted by atomic mass is 16.1. The zero-order valence-corrected chi connectivity index (χ0v) is 11.2. The number of hydrogen-bond acceptors (Lipinski definition) is 2. The largest absolute Gasteiger partial charge is 0.321 e. The van der Waals surface area contributed by atoms with Crippen molar-refractivity contribution < 1.29 is 4.79 Å². The van der Waals surface area contributed by atoms with Crippen LogP contribution in [0.5, 0.6) is 0 Å². The van der Waals surface area contributed by atoms with Crippen molar-refractivity contribution in [2.24, 2.45) is 11.7 Å². The Kier molecular flexibility index (Phi) is 4.47. The van der Waals surface area contributed by atoms with Crippen molar-refractivity contribution in [2.75, 3.05) is 0 Å². The van der Waals surface area contributed by atoms with Crippen LogP contribution < -0.4 is 5.73 Å². The standard InChI is InChI=1S/C15H23NO/c1-11(2)14(16)13(17)10-15(3,4)12-8-6-5-7-9-12/h5-9,11,14H,10,16H2,1-4H3/t14-/m1/s1. The first-order valence-corrected chi connectivity index (χ1v) is 6.18. The molecular weight excluding hydrogens is 210 g/mol. The number of ketones is 1. The van der Waals surface area contributed by atoms with E-state index in [0.717, 1.165) is 0 Å². The summed E-state index contributed by atoms with van der Waals surface area (Å²) in [6.45, 7) is 8.15. The van der Waals surface area contributed by atoms with E-state index in [-0.39, 0.29) is 23.2 Å². The maximum Gasteiger partial charge on any atom is 0.150 e. The number of nitrogens with two attached hydrogens (primary N) is 1. The van der Waals surface area contributed by atoms with Crippen LogP contribution in [0.25, 0.3) is 0 Å².